The minimum Gasteiger partial charge on any atom is -0.357 e. The Hall–Kier alpha value is -1.92. The third-order valence-electron chi connectivity index (χ3n) is 4.39. The summed E-state index contributed by atoms with van der Waals surface area (Å²) < 4.78 is 3.05. The monoisotopic (exact) mass is 327 g/mol. The van der Waals surface area contributed by atoms with Crippen LogP contribution in [0.2, 0.25) is 0 Å². The van der Waals surface area contributed by atoms with Crippen molar-refractivity contribution in [1.29, 1.82) is 0 Å². The third-order valence-corrected chi connectivity index (χ3v) is 5.48. The summed E-state index contributed by atoms with van der Waals surface area (Å²) in [6.45, 7) is 5.28. The van der Waals surface area contributed by atoms with Gasteiger partial charge in [-0.25, -0.2) is 9.67 Å². The molecule has 0 spiro atoms. The number of nitrogens with one attached hydrogen (secondary N) is 1. The van der Waals surface area contributed by atoms with Crippen LogP contribution in [0.15, 0.2) is 30.3 Å². The molecule has 1 fully saturated rings. The molecule has 3 heterocycles. The topological polar surface area (TPSA) is 46.0 Å². The lowest BCUT2D eigenvalue weighted by Gasteiger charge is -2.16. The molecular weight excluding hydrogens is 306 g/mol. The van der Waals surface area contributed by atoms with Crippen LogP contribution in [0.4, 0.5) is 5.13 Å². The van der Waals surface area contributed by atoms with Gasteiger partial charge in [-0.3, -0.25) is 4.90 Å². The number of anilines is 1. The smallest absolute Gasteiger partial charge is 0.185 e. The first-order valence-corrected chi connectivity index (χ1v) is 8.83. The second-order valence-corrected chi connectivity index (χ2v) is 7.23. The minimum atomic E-state index is 0.479. The first-order chi connectivity index (χ1) is 11.2. The van der Waals surface area contributed by atoms with Gasteiger partial charge in [0.05, 0.1) is 10.4 Å². The van der Waals surface area contributed by atoms with E-state index in [0.29, 0.717) is 6.04 Å². The molecule has 0 saturated carbocycles. The molecule has 1 aromatic carbocycles. The fourth-order valence-electron chi connectivity index (χ4n) is 3.26. The van der Waals surface area contributed by atoms with E-state index in [4.69, 9.17) is 4.98 Å². The SMILES string of the molecule is Cc1nn(C)c2nc(N[C@H]3CCN(Cc4ccccc4)C3)sc12. The maximum atomic E-state index is 4.69. The number of thiazole rings is 1. The molecule has 0 unspecified atom stereocenters. The Bertz CT molecular complexity index is 773. The van der Waals surface area contributed by atoms with E-state index in [0.717, 1.165) is 36.1 Å². The fourth-order valence-corrected chi connectivity index (χ4v) is 4.27. The molecule has 4 rings (SSSR count). The van der Waals surface area contributed by atoms with Gasteiger partial charge in [-0.15, -0.1) is 0 Å². The van der Waals surface area contributed by atoms with E-state index in [-0.39, 0.29) is 0 Å². The van der Waals surface area contributed by atoms with Gasteiger partial charge in [-0.05, 0) is 18.9 Å². The van der Waals surface area contributed by atoms with Crippen molar-refractivity contribution in [2.45, 2.75) is 25.9 Å². The van der Waals surface area contributed by atoms with Gasteiger partial charge in [0.2, 0.25) is 0 Å². The maximum absolute atomic E-state index is 4.69. The molecule has 1 aliphatic heterocycles. The average molecular weight is 327 g/mol. The number of nitrogens with zero attached hydrogens (tertiary/aromatic N) is 4. The van der Waals surface area contributed by atoms with Gasteiger partial charge in [0.15, 0.2) is 10.8 Å². The number of aryl methyl sites for hydroxylation is 2. The number of aromatic nitrogens is 3. The Labute approximate surface area is 139 Å². The van der Waals surface area contributed by atoms with Crippen LogP contribution in [0.25, 0.3) is 10.3 Å². The van der Waals surface area contributed by atoms with Crippen molar-refractivity contribution in [1.82, 2.24) is 19.7 Å². The molecule has 0 radical (unpaired) electrons. The molecule has 23 heavy (non-hydrogen) atoms. The Morgan fingerprint density at radius 3 is 2.91 bits per heavy atom. The largest absolute Gasteiger partial charge is 0.357 e. The van der Waals surface area contributed by atoms with Gasteiger partial charge in [0.1, 0.15) is 0 Å². The quantitative estimate of drug-likeness (QED) is 0.800. The summed E-state index contributed by atoms with van der Waals surface area (Å²) in [5.74, 6) is 0. The Morgan fingerprint density at radius 1 is 1.30 bits per heavy atom. The van der Waals surface area contributed by atoms with Crippen molar-refractivity contribution in [3.63, 3.8) is 0 Å². The van der Waals surface area contributed by atoms with Crippen LogP contribution < -0.4 is 5.32 Å². The van der Waals surface area contributed by atoms with E-state index in [1.54, 1.807) is 11.3 Å². The van der Waals surface area contributed by atoms with Crippen LogP contribution >= 0.6 is 11.3 Å². The second-order valence-electron chi connectivity index (χ2n) is 6.23. The van der Waals surface area contributed by atoms with E-state index >= 15 is 0 Å². The number of fused-ring (bicyclic) bond motifs is 1. The van der Waals surface area contributed by atoms with Crippen molar-refractivity contribution < 1.29 is 0 Å². The molecule has 0 bridgehead atoms. The van der Waals surface area contributed by atoms with Crippen molar-refractivity contribution in [2.24, 2.45) is 7.05 Å². The number of hydrogen-bond donors (Lipinski definition) is 1. The summed E-state index contributed by atoms with van der Waals surface area (Å²) in [5.41, 5.74) is 3.43. The molecular formula is C17H21N5S. The molecule has 1 atom stereocenters. The number of likely N-dealkylation sites (tertiary alicyclic amines) is 1. The summed E-state index contributed by atoms with van der Waals surface area (Å²) in [5, 5.41) is 9.04. The molecule has 5 nitrogen and oxygen atoms in total. The lowest BCUT2D eigenvalue weighted by Crippen LogP contribution is -2.25. The standard InChI is InChI=1S/C17H21N5S/c1-12-15-16(21(2)20-12)19-17(23-15)18-14-8-9-22(11-14)10-13-6-4-3-5-7-13/h3-7,14H,8-11H2,1-2H3,(H,18,19)/t14-/m0/s1. The summed E-state index contributed by atoms with van der Waals surface area (Å²) in [4.78, 5) is 7.20. The van der Waals surface area contributed by atoms with Crippen LogP contribution in [-0.2, 0) is 13.6 Å². The first kappa shape index (κ1) is 14.7. The predicted molar refractivity (Wildman–Crippen MR) is 94.9 cm³/mol. The first-order valence-electron chi connectivity index (χ1n) is 8.02. The third kappa shape index (κ3) is 2.96. The highest BCUT2D eigenvalue weighted by Gasteiger charge is 2.23. The molecule has 1 saturated heterocycles. The average Bonchev–Trinajstić information content (AvgIpc) is 3.21. The van der Waals surface area contributed by atoms with Gasteiger partial charge in [0.25, 0.3) is 0 Å². The normalized spacial score (nSPS) is 18.8. The van der Waals surface area contributed by atoms with Gasteiger partial charge in [-0.1, -0.05) is 41.7 Å². The highest BCUT2D eigenvalue weighted by Crippen LogP contribution is 2.29. The zero-order chi connectivity index (χ0) is 15.8. The molecule has 0 aliphatic carbocycles. The van der Waals surface area contributed by atoms with E-state index in [2.05, 4.69) is 45.6 Å². The van der Waals surface area contributed by atoms with Crippen LogP contribution in [0.5, 0.6) is 0 Å². The van der Waals surface area contributed by atoms with E-state index in [1.807, 2.05) is 18.7 Å². The van der Waals surface area contributed by atoms with Gasteiger partial charge in [-0.2, -0.15) is 5.10 Å². The second kappa shape index (κ2) is 5.94. The van der Waals surface area contributed by atoms with Gasteiger partial charge >= 0.3 is 0 Å². The van der Waals surface area contributed by atoms with Crippen molar-refractivity contribution in [3.8, 4) is 0 Å². The van der Waals surface area contributed by atoms with Crippen LogP contribution in [0.3, 0.4) is 0 Å². The highest BCUT2D eigenvalue weighted by molar-refractivity contribution is 7.22. The molecule has 2 aromatic heterocycles. The highest BCUT2D eigenvalue weighted by atomic mass is 32.1. The fraction of sp³-hybridized carbons (Fsp3) is 0.412. The maximum Gasteiger partial charge on any atom is 0.185 e. The lowest BCUT2D eigenvalue weighted by atomic mass is 10.2. The van der Waals surface area contributed by atoms with Crippen LogP contribution in [-0.4, -0.2) is 38.8 Å². The van der Waals surface area contributed by atoms with Crippen molar-refractivity contribution in [2.75, 3.05) is 18.4 Å². The number of hydrogen-bond acceptors (Lipinski definition) is 5. The summed E-state index contributed by atoms with van der Waals surface area (Å²) in [7, 11) is 1.95. The van der Waals surface area contributed by atoms with Gasteiger partial charge in [0, 0.05) is 32.7 Å². The van der Waals surface area contributed by atoms with Gasteiger partial charge < -0.3 is 5.32 Å². The van der Waals surface area contributed by atoms with E-state index in [1.165, 1.54) is 16.7 Å². The molecule has 1 aliphatic rings. The molecule has 0 amide bonds. The number of benzene rings is 1. The van der Waals surface area contributed by atoms with E-state index in [9.17, 15) is 0 Å². The Kier molecular flexibility index (Phi) is 3.79. The van der Waals surface area contributed by atoms with E-state index < -0.39 is 0 Å². The summed E-state index contributed by atoms with van der Waals surface area (Å²) in [6, 6.07) is 11.2. The van der Waals surface area contributed by atoms with Crippen LogP contribution in [0, 0.1) is 6.92 Å². The summed E-state index contributed by atoms with van der Waals surface area (Å²) in [6.07, 6.45) is 1.17. The zero-order valence-corrected chi connectivity index (χ0v) is 14.3. The molecule has 120 valence electrons. The van der Waals surface area contributed by atoms with Crippen molar-refractivity contribution in [3.05, 3.63) is 41.6 Å². The zero-order valence-electron chi connectivity index (χ0n) is 13.5. The van der Waals surface area contributed by atoms with Crippen LogP contribution in [0.1, 0.15) is 17.7 Å². The predicted octanol–water partition coefficient (Wildman–Crippen LogP) is 3.02. The molecule has 3 aromatic rings. The number of rotatable bonds is 4. The molecule has 1 N–H and O–H groups in total. The Balaban J connectivity index is 1.40. The minimum absolute atomic E-state index is 0.479. The Morgan fingerprint density at radius 2 is 2.13 bits per heavy atom. The molecule has 6 heteroatoms. The lowest BCUT2D eigenvalue weighted by molar-refractivity contribution is 0.328. The summed E-state index contributed by atoms with van der Waals surface area (Å²) >= 11 is 1.71. The van der Waals surface area contributed by atoms with Crippen molar-refractivity contribution >= 4 is 26.8 Å².